The van der Waals surface area contributed by atoms with Gasteiger partial charge in [0, 0.05) is 28.9 Å². The quantitative estimate of drug-likeness (QED) is 0.410. The van der Waals surface area contributed by atoms with Crippen molar-refractivity contribution in [1.82, 2.24) is 15.3 Å². The summed E-state index contributed by atoms with van der Waals surface area (Å²) in [6.07, 6.45) is 1.94. The maximum absolute atomic E-state index is 12.2. The molecule has 2 aromatic carbocycles. The molecular formula is C24H25Cl2N3O4. The Bertz CT molecular complexity index is 1200. The monoisotopic (exact) mass is 489 g/mol. The number of nitrogens with one attached hydrogen (secondary N) is 2. The topological polar surface area (TPSA) is 101 Å². The van der Waals surface area contributed by atoms with Gasteiger partial charge in [-0.05, 0) is 36.2 Å². The molecule has 0 aliphatic rings. The Kier molecular flexibility index (Phi) is 8.86. The smallest absolute Gasteiger partial charge is 0.306 e. The van der Waals surface area contributed by atoms with Crippen LogP contribution >= 0.6 is 23.2 Å². The number of aromatic nitrogens is 2. The molecule has 174 valence electrons. The van der Waals surface area contributed by atoms with Crippen LogP contribution in [0.25, 0.3) is 10.9 Å². The van der Waals surface area contributed by atoms with Crippen molar-refractivity contribution in [2.24, 2.45) is 0 Å². The van der Waals surface area contributed by atoms with Crippen molar-refractivity contribution in [3.05, 3.63) is 74.3 Å². The van der Waals surface area contributed by atoms with Gasteiger partial charge in [0.2, 0.25) is 0 Å². The number of hydrogen-bond acceptors (Lipinski definition) is 5. The molecular weight excluding hydrogens is 465 g/mol. The lowest BCUT2D eigenvalue weighted by molar-refractivity contribution is -0.148. The molecule has 1 heterocycles. The Morgan fingerprint density at radius 1 is 1.18 bits per heavy atom. The number of para-hydroxylation sites is 1. The lowest BCUT2D eigenvalue weighted by Crippen LogP contribution is -2.32. The fraction of sp³-hybridized carbons (Fsp3) is 0.333. The number of halogens is 2. The number of benzene rings is 2. The summed E-state index contributed by atoms with van der Waals surface area (Å²) in [5.41, 5.74) is 1.22. The van der Waals surface area contributed by atoms with E-state index < -0.39 is 11.9 Å². The molecule has 0 aliphatic heterocycles. The first-order valence-electron chi connectivity index (χ1n) is 10.7. The van der Waals surface area contributed by atoms with E-state index in [1.54, 1.807) is 36.4 Å². The Hall–Kier alpha value is -2.90. The summed E-state index contributed by atoms with van der Waals surface area (Å²) in [4.78, 5) is 43.4. The Balaban J connectivity index is 1.47. The molecule has 7 nitrogen and oxygen atoms in total. The van der Waals surface area contributed by atoms with Crippen LogP contribution in [0.4, 0.5) is 0 Å². The second-order valence-corrected chi connectivity index (χ2v) is 8.49. The average molecular weight is 490 g/mol. The number of aromatic amines is 1. The van der Waals surface area contributed by atoms with Crippen LogP contribution in [-0.2, 0) is 20.7 Å². The maximum Gasteiger partial charge on any atom is 0.306 e. The first-order valence-corrected chi connectivity index (χ1v) is 11.5. The number of esters is 1. The highest BCUT2D eigenvalue weighted by Crippen LogP contribution is 2.30. The first kappa shape index (κ1) is 24.7. The third-order valence-corrected chi connectivity index (χ3v) is 5.74. The van der Waals surface area contributed by atoms with E-state index in [2.05, 4.69) is 22.2 Å². The summed E-state index contributed by atoms with van der Waals surface area (Å²) in [7, 11) is 0. The van der Waals surface area contributed by atoms with Gasteiger partial charge in [-0.25, -0.2) is 4.98 Å². The van der Waals surface area contributed by atoms with Crippen LogP contribution in [-0.4, -0.2) is 35.0 Å². The average Bonchev–Trinajstić information content (AvgIpc) is 2.79. The summed E-state index contributed by atoms with van der Waals surface area (Å²) in [6, 6.07) is 12.3. The van der Waals surface area contributed by atoms with E-state index in [1.807, 2.05) is 6.07 Å². The number of H-pyrrole nitrogens is 1. The predicted molar refractivity (Wildman–Crippen MR) is 129 cm³/mol. The molecule has 1 aromatic heterocycles. The van der Waals surface area contributed by atoms with Crippen LogP contribution in [0.5, 0.6) is 0 Å². The molecule has 3 aromatic rings. The number of rotatable bonds is 10. The van der Waals surface area contributed by atoms with Gasteiger partial charge in [-0.3, -0.25) is 14.4 Å². The number of carbonyl (C=O) groups excluding carboxylic acids is 2. The first-order chi connectivity index (χ1) is 15.9. The predicted octanol–water partition coefficient (Wildman–Crippen LogP) is 4.41. The van der Waals surface area contributed by atoms with E-state index in [0.717, 1.165) is 18.4 Å². The van der Waals surface area contributed by atoms with Gasteiger partial charge in [-0.2, -0.15) is 0 Å². The maximum atomic E-state index is 12.2. The van der Waals surface area contributed by atoms with Gasteiger partial charge in [0.1, 0.15) is 5.82 Å². The fourth-order valence-electron chi connectivity index (χ4n) is 3.53. The van der Waals surface area contributed by atoms with Crippen LogP contribution < -0.4 is 10.9 Å². The van der Waals surface area contributed by atoms with E-state index in [0.29, 0.717) is 33.3 Å². The summed E-state index contributed by atoms with van der Waals surface area (Å²) in [5.74, 6) is -0.531. The van der Waals surface area contributed by atoms with Gasteiger partial charge < -0.3 is 15.0 Å². The molecule has 9 heteroatoms. The zero-order valence-corrected chi connectivity index (χ0v) is 19.7. The van der Waals surface area contributed by atoms with Crippen molar-refractivity contribution < 1.29 is 14.3 Å². The fourth-order valence-corrected chi connectivity index (χ4v) is 4.09. The molecule has 0 unspecified atom stereocenters. The zero-order valence-electron chi connectivity index (χ0n) is 18.2. The highest BCUT2D eigenvalue weighted by Gasteiger charge is 2.16. The summed E-state index contributed by atoms with van der Waals surface area (Å²) in [5, 5.41) is 4.40. The molecule has 0 saturated carbocycles. The molecule has 1 amide bonds. The van der Waals surface area contributed by atoms with Crippen molar-refractivity contribution in [2.45, 2.75) is 38.5 Å². The van der Waals surface area contributed by atoms with Crippen LogP contribution in [0.2, 0.25) is 10.0 Å². The number of ether oxygens (including phenoxy) is 1. The number of carbonyl (C=O) groups is 2. The third kappa shape index (κ3) is 7.04. The molecule has 0 aliphatic carbocycles. The van der Waals surface area contributed by atoms with Gasteiger partial charge in [0.05, 0.1) is 17.3 Å². The number of fused-ring (bicyclic) bond motifs is 1. The van der Waals surface area contributed by atoms with E-state index in [4.69, 9.17) is 27.9 Å². The van der Waals surface area contributed by atoms with Gasteiger partial charge in [-0.1, -0.05) is 54.7 Å². The van der Waals surface area contributed by atoms with Crippen LogP contribution in [0.15, 0.2) is 47.3 Å². The largest absolute Gasteiger partial charge is 0.456 e. The summed E-state index contributed by atoms with van der Waals surface area (Å²) >= 11 is 12.3. The number of aryl methyl sites for hydroxylation is 1. The highest BCUT2D eigenvalue weighted by atomic mass is 35.5. The Morgan fingerprint density at radius 2 is 1.97 bits per heavy atom. The third-order valence-electron chi connectivity index (χ3n) is 5.18. The van der Waals surface area contributed by atoms with Crippen LogP contribution in [0.1, 0.15) is 43.5 Å². The van der Waals surface area contributed by atoms with E-state index in [-0.39, 0.29) is 30.9 Å². The molecule has 3 rings (SSSR count). The van der Waals surface area contributed by atoms with Crippen molar-refractivity contribution in [1.29, 1.82) is 0 Å². The lowest BCUT2D eigenvalue weighted by atomic mass is 9.94. The van der Waals surface area contributed by atoms with Crippen molar-refractivity contribution in [2.75, 3.05) is 13.2 Å². The van der Waals surface area contributed by atoms with Gasteiger partial charge in [0.25, 0.3) is 11.5 Å². The molecule has 2 N–H and O–H groups in total. The molecule has 1 atom stereocenters. The van der Waals surface area contributed by atoms with Gasteiger partial charge in [0.15, 0.2) is 6.61 Å². The summed E-state index contributed by atoms with van der Waals surface area (Å²) in [6.45, 7) is 2.04. The molecule has 0 radical (unpaired) electrons. The minimum absolute atomic E-state index is 0.00655. The zero-order chi connectivity index (χ0) is 23.8. The number of nitrogens with zero attached hydrogens (tertiary/aromatic N) is 1. The molecule has 0 fully saturated rings. The Morgan fingerprint density at radius 3 is 2.73 bits per heavy atom. The highest BCUT2D eigenvalue weighted by molar-refractivity contribution is 6.35. The van der Waals surface area contributed by atoms with E-state index in [9.17, 15) is 14.4 Å². The van der Waals surface area contributed by atoms with Crippen molar-refractivity contribution in [3.8, 4) is 0 Å². The van der Waals surface area contributed by atoms with Crippen LogP contribution in [0, 0.1) is 0 Å². The molecule has 0 bridgehead atoms. The molecule has 0 saturated heterocycles. The standard InChI is InChI=1S/C24H25Cl2N3O4/c1-2-5-15(17-9-8-16(25)12-19(17)26)13-27-22(30)14-33-23(31)11-10-21-28-20-7-4-3-6-18(20)24(32)29-21/h3-4,6-9,12,15H,2,5,10-11,13-14H2,1H3,(H,27,30)(H,28,29,32)/t15-/m0/s1. The van der Waals surface area contributed by atoms with Gasteiger partial charge >= 0.3 is 5.97 Å². The SMILES string of the molecule is CCC[C@@H](CNC(=O)COC(=O)CCc1nc2ccccc2c(=O)[nH]1)c1ccc(Cl)cc1Cl. The second kappa shape index (κ2) is 11.8. The van der Waals surface area contributed by atoms with Crippen LogP contribution in [0.3, 0.4) is 0 Å². The number of amides is 1. The normalized spacial score (nSPS) is 11.8. The van der Waals surface area contributed by atoms with Crippen molar-refractivity contribution in [3.63, 3.8) is 0 Å². The minimum atomic E-state index is -0.549. The van der Waals surface area contributed by atoms with Crippen molar-refractivity contribution >= 4 is 46.0 Å². The van der Waals surface area contributed by atoms with E-state index >= 15 is 0 Å². The van der Waals surface area contributed by atoms with E-state index in [1.165, 1.54) is 0 Å². The second-order valence-electron chi connectivity index (χ2n) is 7.65. The van der Waals surface area contributed by atoms with Gasteiger partial charge in [-0.15, -0.1) is 0 Å². The Labute approximate surface area is 201 Å². The number of hydrogen-bond donors (Lipinski definition) is 2. The summed E-state index contributed by atoms with van der Waals surface area (Å²) < 4.78 is 5.07. The molecule has 33 heavy (non-hydrogen) atoms. The minimum Gasteiger partial charge on any atom is -0.456 e. The lowest BCUT2D eigenvalue weighted by Gasteiger charge is -2.19. The molecule has 0 spiro atoms.